The van der Waals surface area contributed by atoms with E-state index < -0.39 is 0 Å². The molecule has 0 radical (unpaired) electrons. The molecule has 1 N–H and O–H groups in total. The van der Waals surface area contributed by atoms with E-state index in [1.54, 1.807) is 0 Å². The molecule has 0 aliphatic heterocycles. The van der Waals surface area contributed by atoms with E-state index in [2.05, 4.69) is 19.1 Å². The van der Waals surface area contributed by atoms with Gasteiger partial charge in [0.2, 0.25) is 0 Å². The maximum absolute atomic E-state index is 8.82. The summed E-state index contributed by atoms with van der Waals surface area (Å²) in [6.45, 7) is 3.93. The number of hydrogen-bond acceptors (Lipinski definition) is 1. The van der Waals surface area contributed by atoms with Crippen molar-refractivity contribution in [3.05, 3.63) is 12.2 Å². The van der Waals surface area contributed by atoms with E-state index >= 15 is 0 Å². The third kappa shape index (κ3) is 7.70. The van der Waals surface area contributed by atoms with Gasteiger partial charge in [0.15, 0.2) is 0 Å². The zero-order valence-corrected chi connectivity index (χ0v) is 6.30. The fourth-order valence-electron chi connectivity index (χ4n) is 0.622. The predicted octanol–water partition coefficient (Wildman–Crippen LogP) is 2.11. The lowest BCUT2D eigenvalue weighted by Gasteiger charge is -1.97. The van der Waals surface area contributed by atoms with Gasteiger partial charge in [-0.1, -0.05) is 19.1 Å². The fourth-order valence-corrected chi connectivity index (χ4v) is 0.622. The summed E-state index contributed by atoms with van der Waals surface area (Å²) in [6.07, 6.45) is 7.09. The van der Waals surface area contributed by atoms with Crippen LogP contribution in [0.15, 0.2) is 12.2 Å². The number of hydrogen-bond donors (Lipinski definition) is 1. The van der Waals surface area contributed by atoms with Crippen LogP contribution in [0.25, 0.3) is 0 Å². The van der Waals surface area contributed by atoms with Gasteiger partial charge < -0.3 is 5.11 Å². The molecule has 0 saturated carbocycles. The van der Waals surface area contributed by atoms with Crippen LogP contribution in [0, 0.1) is 0 Å². The number of aliphatic hydroxyl groups excluding tert-OH is 1. The van der Waals surface area contributed by atoms with Crippen molar-refractivity contribution in [1.82, 2.24) is 0 Å². The molecule has 1 atom stereocenters. The molecule has 0 fully saturated rings. The summed E-state index contributed by atoms with van der Waals surface area (Å²) in [6, 6.07) is 0. The summed E-state index contributed by atoms with van der Waals surface area (Å²) in [5.74, 6) is 0. The van der Waals surface area contributed by atoms with E-state index in [1.807, 2.05) is 6.92 Å². The number of rotatable bonds is 4. The van der Waals surface area contributed by atoms with Crippen molar-refractivity contribution in [3.8, 4) is 0 Å². The average Bonchev–Trinajstić information content (AvgIpc) is 1.80. The van der Waals surface area contributed by atoms with Gasteiger partial charge in [-0.05, 0) is 26.2 Å². The molecule has 0 amide bonds. The lowest BCUT2D eigenvalue weighted by atomic mass is 10.2. The first kappa shape index (κ1) is 8.70. The third-order valence-corrected chi connectivity index (χ3v) is 1.15. The van der Waals surface area contributed by atoms with Crippen LogP contribution in [0.4, 0.5) is 0 Å². The van der Waals surface area contributed by atoms with Crippen molar-refractivity contribution in [1.29, 1.82) is 0 Å². The Balaban J connectivity index is 2.99. The molecule has 1 heteroatoms. The quantitative estimate of drug-likeness (QED) is 0.575. The standard InChI is InChI=1S/C8H16O/c1-3-4-5-6-7-8(2)9/h4-5,8-9H,3,6-7H2,1-2H3/b5-4+. The minimum atomic E-state index is -0.147. The van der Waals surface area contributed by atoms with Gasteiger partial charge in [-0.25, -0.2) is 0 Å². The maximum Gasteiger partial charge on any atom is 0.0515 e. The second-order valence-electron chi connectivity index (χ2n) is 2.31. The Hall–Kier alpha value is -0.300. The lowest BCUT2D eigenvalue weighted by molar-refractivity contribution is 0.186. The highest BCUT2D eigenvalue weighted by atomic mass is 16.3. The van der Waals surface area contributed by atoms with Gasteiger partial charge in [0, 0.05) is 0 Å². The molecular formula is C8H16O. The maximum atomic E-state index is 8.82. The Morgan fingerprint density at radius 3 is 2.56 bits per heavy atom. The molecule has 0 bridgehead atoms. The van der Waals surface area contributed by atoms with Gasteiger partial charge in [-0.2, -0.15) is 0 Å². The zero-order chi connectivity index (χ0) is 7.11. The summed E-state index contributed by atoms with van der Waals surface area (Å²) in [5, 5.41) is 8.82. The average molecular weight is 128 g/mol. The smallest absolute Gasteiger partial charge is 0.0515 e. The van der Waals surface area contributed by atoms with Crippen LogP contribution in [0.2, 0.25) is 0 Å². The van der Waals surface area contributed by atoms with Crippen molar-refractivity contribution in [3.63, 3.8) is 0 Å². The number of aliphatic hydroxyl groups is 1. The van der Waals surface area contributed by atoms with E-state index in [-0.39, 0.29) is 6.10 Å². The molecule has 0 aromatic rings. The molecule has 0 aliphatic carbocycles. The Kier molecular flexibility index (Phi) is 5.64. The van der Waals surface area contributed by atoms with Gasteiger partial charge in [0.1, 0.15) is 0 Å². The Morgan fingerprint density at radius 2 is 2.11 bits per heavy atom. The lowest BCUT2D eigenvalue weighted by Crippen LogP contribution is -1.96. The van der Waals surface area contributed by atoms with Crippen molar-refractivity contribution in [2.75, 3.05) is 0 Å². The first-order valence-corrected chi connectivity index (χ1v) is 3.60. The zero-order valence-electron chi connectivity index (χ0n) is 6.30. The van der Waals surface area contributed by atoms with Crippen LogP contribution in [0.1, 0.15) is 33.1 Å². The topological polar surface area (TPSA) is 20.2 Å². The molecule has 54 valence electrons. The highest BCUT2D eigenvalue weighted by Crippen LogP contribution is 1.96. The van der Waals surface area contributed by atoms with E-state index in [1.165, 1.54) is 0 Å². The molecule has 0 aromatic heterocycles. The summed E-state index contributed by atoms with van der Waals surface area (Å²) in [7, 11) is 0. The van der Waals surface area contributed by atoms with Gasteiger partial charge in [-0.3, -0.25) is 0 Å². The molecule has 0 aliphatic rings. The van der Waals surface area contributed by atoms with E-state index in [4.69, 9.17) is 5.11 Å². The Morgan fingerprint density at radius 1 is 1.44 bits per heavy atom. The van der Waals surface area contributed by atoms with Crippen LogP contribution in [0.5, 0.6) is 0 Å². The Labute approximate surface area is 57.4 Å². The van der Waals surface area contributed by atoms with Gasteiger partial charge in [0.05, 0.1) is 6.10 Å². The van der Waals surface area contributed by atoms with Gasteiger partial charge >= 0.3 is 0 Å². The number of allylic oxidation sites excluding steroid dienone is 2. The molecule has 0 spiro atoms. The van der Waals surface area contributed by atoms with Gasteiger partial charge in [-0.15, -0.1) is 0 Å². The SMILES string of the molecule is CC/C=C/CCC(C)O. The third-order valence-electron chi connectivity index (χ3n) is 1.15. The molecule has 1 nitrogen and oxygen atoms in total. The molecule has 1 unspecified atom stereocenters. The molecule has 9 heavy (non-hydrogen) atoms. The Bertz CT molecular complexity index is 74.6. The first-order chi connectivity index (χ1) is 4.27. The van der Waals surface area contributed by atoms with E-state index in [0.29, 0.717) is 0 Å². The molecule has 0 rings (SSSR count). The van der Waals surface area contributed by atoms with E-state index in [0.717, 1.165) is 19.3 Å². The summed E-state index contributed by atoms with van der Waals surface area (Å²) >= 11 is 0. The first-order valence-electron chi connectivity index (χ1n) is 3.60. The van der Waals surface area contributed by atoms with Crippen LogP contribution in [-0.2, 0) is 0 Å². The monoisotopic (exact) mass is 128 g/mol. The van der Waals surface area contributed by atoms with Crippen molar-refractivity contribution >= 4 is 0 Å². The molecule has 0 saturated heterocycles. The summed E-state index contributed by atoms with van der Waals surface area (Å²) in [4.78, 5) is 0. The van der Waals surface area contributed by atoms with Crippen LogP contribution in [0.3, 0.4) is 0 Å². The minimum absolute atomic E-state index is 0.147. The molecular weight excluding hydrogens is 112 g/mol. The van der Waals surface area contributed by atoms with Crippen LogP contribution >= 0.6 is 0 Å². The van der Waals surface area contributed by atoms with E-state index in [9.17, 15) is 0 Å². The normalized spacial score (nSPS) is 14.6. The molecule has 0 heterocycles. The minimum Gasteiger partial charge on any atom is -0.393 e. The largest absolute Gasteiger partial charge is 0.393 e. The van der Waals surface area contributed by atoms with Crippen molar-refractivity contribution < 1.29 is 5.11 Å². The second kappa shape index (κ2) is 5.83. The van der Waals surface area contributed by atoms with Gasteiger partial charge in [0.25, 0.3) is 0 Å². The highest BCUT2D eigenvalue weighted by Gasteiger charge is 1.89. The highest BCUT2D eigenvalue weighted by molar-refractivity contribution is 4.80. The van der Waals surface area contributed by atoms with Crippen LogP contribution < -0.4 is 0 Å². The van der Waals surface area contributed by atoms with Crippen LogP contribution in [-0.4, -0.2) is 11.2 Å². The fraction of sp³-hybridized carbons (Fsp3) is 0.750. The summed E-state index contributed by atoms with van der Waals surface area (Å²) < 4.78 is 0. The molecule has 0 aromatic carbocycles. The van der Waals surface area contributed by atoms with Crippen molar-refractivity contribution in [2.24, 2.45) is 0 Å². The second-order valence-corrected chi connectivity index (χ2v) is 2.31. The van der Waals surface area contributed by atoms with Crippen molar-refractivity contribution in [2.45, 2.75) is 39.2 Å². The summed E-state index contributed by atoms with van der Waals surface area (Å²) in [5.41, 5.74) is 0. The predicted molar refractivity (Wildman–Crippen MR) is 40.3 cm³/mol.